The average Bonchev–Trinajstić information content (AvgIpc) is 2.76. The third-order valence-corrected chi connectivity index (χ3v) is 3.85. The van der Waals surface area contributed by atoms with Gasteiger partial charge in [-0.05, 0) is 31.2 Å². The van der Waals surface area contributed by atoms with Crippen molar-refractivity contribution in [2.45, 2.75) is 6.92 Å². The average molecular weight is 322 g/mol. The van der Waals surface area contributed by atoms with Crippen LogP contribution in [0.15, 0.2) is 36.4 Å². The molecule has 21 heavy (non-hydrogen) atoms. The lowest BCUT2D eigenvalue weighted by atomic mass is 10.2. The number of ether oxygens (including phenoxy) is 1. The minimum atomic E-state index is 0.357. The predicted octanol–water partition coefficient (Wildman–Crippen LogP) is 4.31. The van der Waals surface area contributed by atoms with Crippen LogP contribution >= 0.6 is 23.2 Å². The van der Waals surface area contributed by atoms with Gasteiger partial charge in [-0.3, -0.25) is 4.57 Å². The van der Waals surface area contributed by atoms with Crippen molar-refractivity contribution in [2.75, 3.05) is 12.3 Å². The lowest BCUT2D eigenvalue weighted by molar-refractivity contribution is 0.339. The SMILES string of the molecule is CCOc1ccccc1-n1c(N)nc2cc(Cl)c(Cl)cc21. The van der Waals surface area contributed by atoms with Crippen LogP contribution in [-0.2, 0) is 0 Å². The van der Waals surface area contributed by atoms with Gasteiger partial charge in [0.1, 0.15) is 5.75 Å². The summed E-state index contributed by atoms with van der Waals surface area (Å²) in [5.74, 6) is 1.09. The number of para-hydroxylation sites is 2. The number of aromatic nitrogens is 2. The molecule has 2 aromatic carbocycles. The maximum Gasteiger partial charge on any atom is 0.206 e. The summed E-state index contributed by atoms with van der Waals surface area (Å²) in [4.78, 5) is 4.33. The Labute approximate surface area is 132 Å². The normalized spacial score (nSPS) is 11.0. The molecule has 0 amide bonds. The van der Waals surface area contributed by atoms with Crippen LogP contribution in [0, 0.1) is 0 Å². The van der Waals surface area contributed by atoms with Crippen molar-refractivity contribution in [3.05, 3.63) is 46.4 Å². The molecule has 0 aliphatic rings. The first-order valence-corrected chi connectivity index (χ1v) is 7.22. The quantitative estimate of drug-likeness (QED) is 0.781. The number of fused-ring (bicyclic) bond motifs is 1. The summed E-state index contributed by atoms with van der Waals surface area (Å²) in [5, 5.41) is 0.908. The van der Waals surface area contributed by atoms with Crippen LogP contribution < -0.4 is 10.5 Å². The van der Waals surface area contributed by atoms with Crippen LogP contribution in [0.4, 0.5) is 5.95 Å². The molecule has 0 atom stereocenters. The molecule has 0 unspecified atom stereocenters. The van der Waals surface area contributed by atoms with Crippen LogP contribution in [0.2, 0.25) is 10.0 Å². The number of nitrogens with zero attached hydrogens (tertiary/aromatic N) is 2. The maximum atomic E-state index is 6.11. The van der Waals surface area contributed by atoms with Crippen LogP contribution in [0.3, 0.4) is 0 Å². The van der Waals surface area contributed by atoms with Crippen LogP contribution in [0.5, 0.6) is 5.75 Å². The zero-order chi connectivity index (χ0) is 15.0. The van der Waals surface area contributed by atoms with Gasteiger partial charge in [0, 0.05) is 0 Å². The van der Waals surface area contributed by atoms with Gasteiger partial charge in [-0.25, -0.2) is 4.98 Å². The molecule has 0 aliphatic heterocycles. The number of nitrogens with two attached hydrogens (primary N) is 1. The summed E-state index contributed by atoms with van der Waals surface area (Å²) < 4.78 is 7.46. The van der Waals surface area contributed by atoms with E-state index in [0.717, 1.165) is 17.0 Å². The molecule has 6 heteroatoms. The molecule has 2 N–H and O–H groups in total. The van der Waals surface area contributed by atoms with E-state index in [-0.39, 0.29) is 0 Å². The monoisotopic (exact) mass is 321 g/mol. The lowest BCUT2D eigenvalue weighted by Gasteiger charge is -2.12. The zero-order valence-corrected chi connectivity index (χ0v) is 12.8. The number of imidazole rings is 1. The molecule has 3 aromatic rings. The Balaban J connectivity index is 2.30. The number of benzene rings is 2. The van der Waals surface area contributed by atoms with Gasteiger partial charge in [-0.1, -0.05) is 35.3 Å². The van der Waals surface area contributed by atoms with E-state index in [0.29, 0.717) is 28.1 Å². The highest BCUT2D eigenvalue weighted by Crippen LogP contribution is 2.33. The third-order valence-electron chi connectivity index (χ3n) is 3.13. The second-order valence-electron chi connectivity index (χ2n) is 4.46. The van der Waals surface area contributed by atoms with E-state index in [4.69, 9.17) is 33.7 Å². The maximum absolute atomic E-state index is 6.11. The van der Waals surface area contributed by atoms with E-state index >= 15 is 0 Å². The zero-order valence-electron chi connectivity index (χ0n) is 11.3. The molecule has 4 nitrogen and oxygen atoms in total. The second kappa shape index (κ2) is 5.47. The minimum Gasteiger partial charge on any atom is -0.492 e. The molecule has 0 fully saturated rings. The molecule has 0 bridgehead atoms. The smallest absolute Gasteiger partial charge is 0.206 e. The fourth-order valence-corrected chi connectivity index (χ4v) is 2.58. The van der Waals surface area contributed by atoms with Crippen molar-refractivity contribution in [1.82, 2.24) is 9.55 Å². The highest BCUT2D eigenvalue weighted by molar-refractivity contribution is 6.42. The molecular weight excluding hydrogens is 309 g/mol. The second-order valence-corrected chi connectivity index (χ2v) is 5.28. The Morgan fingerprint density at radius 2 is 1.90 bits per heavy atom. The Hall–Kier alpha value is -1.91. The molecule has 1 aromatic heterocycles. The first-order chi connectivity index (χ1) is 10.1. The molecule has 0 radical (unpaired) electrons. The first-order valence-electron chi connectivity index (χ1n) is 6.47. The Morgan fingerprint density at radius 1 is 1.19 bits per heavy atom. The number of hydrogen-bond acceptors (Lipinski definition) is 3. The predicted molar refractivity (Wildman–Crippen MR) is 86.7 cm³/mol. The number of nitrogen functional groups attached to an aromatic ring is 1. The summed E-state index contributed by atoms with van der Waals surface area (Å²) >= 11 is 12.1. The summed E-state index contributed by atoms with van der Waals surface area (Å²) in [6, 6.07) is 11.1. The van der Waals surface area contributed by atoms with Crippen molar-refractivity contribution in [1.29, 1.82) is 0 Å². The van der Waals surface area contributed by atoms with Gasteiger partial charge in [-0.2, -0.15) is 0 Å². The van der Waals surface area contributed by atoms with Gasteiger partial charge < -0.3 is 10.5 Å². The molecule has 0 aliphatic carbocycles. The van der Waals surface area contributed by atoms with Crippen molar-refractivity contribution < 1.29 is 4.74 Å². The molecular formula is C15H13Cl2N3O. The molecule has 1 heterocycles. The van der Waals surface area contributed by atoms with E-state index in [1.807, 2.05) is 35.8 Å². The van der Waals surface area contributed by atoms with E-state index in [1.165, 1.54) is 0 Å². The van der Waals surface area contributed by atoms with Crippen molar-refractivity contribution in [3.8, 4) is 11.4 Å². The number of anilines is 1. The van der Waals surface area contributed by atoms with E-state index in [2.05, 4.69) is 4.98 Å². The summed E-state index contributed by atoms with van der Waals surface area (Å²) in [7, 11) is 0. The van der Waals surface area contributed by atoms with E-state index < -0.39 is 0 Å². The Kier molecular flexibility index (Phi) is 3.66. The Morgan fingerprint density at radius 3 is 2.67 bits per heavy atom. The van der Waals surface area contributed by atoms with Gasteiger partial charge in [0.15, 0.2) is 0 Å². The van der Waals surface area contributed by atoms with Gasteiger partial charge in [0.2, 0.25) is 5.95 Å². The van der Waals surface area contributed by atoms with E-state index in [1.54, 1.807) is 12.1 Å². The molecule has 0 spiro atoms. The largest absolute Gasteiger partial charge is 0.492 e. The van der Waals surface area contributed by atoms with Crippen molar-refractivity contribution in [2.24, 2.45) is 0 Å². The summed E-state index contributed by atoms with van der Waals surface area (Å²) in [6.07, 6.45) is 0. The highest BCUT2D eigenvalue weighted by Gasteiger charge is 2.15. The van der Waals surface area contributed by atoms with Crippen LogP contribution in [-0.4, -0.2) is 16.2 Å². The fraction of sp³-hybridized carbons (Fsp3) is 0.133. The summed E-state index contributed by atoms with van der Waals surface area (Å²) in [6.45, 7) is 2.50. The molecule has 0 saturated heterocycles. The number of halogens is 2. The van der Waals surface area contributed by atoms with Crippen molar-refractivity contribution in [3.63, 3.8) is 0 Å². The van der Waals surface area contributed by atoms with E-state index in [9.17, 15) is 0 Å². The molecule has 108 valence electrons. The number of rotatable bonds is 3. The standard InChI is InChI=1S/C15H13Cl2N3O/c1-2-21-14-6-4-3-5-12(14)20-13-8-10(17)9(16)7-11(13)19-15(20)18/h3-8H,2H2,1H3,(H2,18,19). The van der Waals surface area contributed by atoms with Crippen molar-refractivity contribution >= 4 is 40.2 Å². The highest BCUT2D eigenvalue weighted by atomic mass is 35.5. The molecule has 3 rings (SSSR count). The van der Waals surface area contributed by atoms with Gasteiger partial charge in [0.05, 0.1) is 33.4 Å². The van der Waals surface area contributed by atoms with Gasteiger partial charge >= 0.3 is 0 Å². The first kappa shape index (κ1) is 14.0. The fourth-order valence-electron chi connectivity index (χ4n) is 2.26. The minimum absolute atomic E-state index is 0.357. The summed E-state index contributed by atoms with van der Waals surface area (Å²) in [5.41, 5.74) is 8.35. The topological polar surface area (TPSA) is 53.1 Å². The number of hydrogen-bond donors (Lipinski definition) is 1. The van der Waals surface area contributed by atoms with Crippen LogP contribution in [0.1, 0.15) is 6.92 Å². The van der Waals surface area contributed by atoms with Gasteiger partial charge in [-0.15, -0.1) is 0 Å². The Bertz CT molecular complexity index is 814. The van der Waals surface area contributed by atoms with Crippen LogP contribution in [0.25, 0.3) is 16.7 Å². The van der Waals surface area contributed by atoms with Gasteiger partial charge in [0.25, 0.3) is 0 Å². The lowest BCUT2D eigenvalue weighted by Crippen LogP contribution is -2.04. The third kappa shape index (κ3) is 2.41. The molecule has 0 saturated carbocycles.